The molecule has 1 heterocycles. The largest absolute Gasteiger partial charge is 0.325 e. The molecule has 1 fully saturated rings. The Morgan fingerprint density at radius 2 is 1.95 bits per heavy atom. The van der Waals surface area contributed by atoms with Crippen LogP contribution in [0.3, 0.4) is 0 Å². The molecule has 0 radical (unpaired) electrons. The fraction of sp³-hybridized carbons (Fsp3) is 0.462. The van der Waals surface area contributed by atoms with Crippen LogP contribution >= 0.6 is 0 Å². The number of hydrogen-bond acceptors (Lipinski definition) is 2. The quantitative estimate of drug-likeness (QED) is 0.822. The highest BCUT2D eigenvalue weighted by atomic mass is 19.2. The number of likely N-dealkylation sites (tertiary alicyclic amines) is 1. The summed E-state index contributed by atoms with van der Waals surface area (Å²) in [5, 5.41) is 2.55. The maximum absolute atomic E-state index is 13.0. The van der Waals surface area contributed by atoms with E-state index >= 15 is 0 Å². The molecule has 104 valence electrons. The van der Waals surface area contributed by atoms with Crippen molar-refractivity contribution in [2.75, 3.05) is 18.4 Å². The van der Waals surface area contributed by atoms with Crippen molar-refractivity contribution in [3.05, 3.63) is 29.8 Å². The molecule has 4 nitrogen and oxygen atoms in total. The molecule has 0 spiro atoms. The van der Waals surface area contributed by atoms with Crippen LogP contribution in [-0.4, -0.2) is 29.6 Å². The van der Waals surface area contributed by atoms with Crippen molar-refractivity contribution in [3.63, 3.8) is 0 Å². The van der Waals surface area contributed by atoms with Gasteiger partial charge in [0.1, 0.15) is 0 Å². The highest BCUT2D eigenvalue weighted by molar-refractivity contribution is 5.89. The number of anilines is 1. The third-order valence-corrected chi connectivity index (χ3v) is 3.36. The second-order valence-corrected chi connectivity index (χ2v) is 5.20. The van der Waals surface area contributed by atoms with Crippen molar-refractivity contribution in [1.82, 2.24) is 4.90 Å². The van der Waals surface area contributed by atoms with E-state index < -0.39 is 11.6 Å². The van der Waals surface area contributed by atoms with Crippen LogP contribution in [0.1, 0.15) is 19.8 Å². The number of rotatable bonds is 1. The molecule has 0 aliphatic carbocycles. The van der Waals surface area contributed by atoms with E-state index in [4.69, 9.17) is 5.73 Å². The fourth-order valence-corrected chi connectivity index (χ4v) is 2.00. The number of nitrogens with zero attached hydrogens (tertiary/aromatic N) is 1. The second kappa shape index (κ2) is 5.13. The maximum Gasteiger partial charge on any atom is 0.321 e. The number of nitrogens with two attached hydrogens (primary N) is 1. The first-order chi connectivity index (χ1) is 8.87. The first kappa shape index (κ1) is 13.7. The average molecular weight is 269 g/mol. The summed E-state index contributed by atoms with van der Waals surface area (Å²) in [5.74, 6) is -1.92. The Labute approximate surface area is 110 Å². The van der Waals surface area contributed by atoms with E-state index in [0.717, 1.165) is 25.0 Å². The molecular formula is C13H17F2N3O. The lowest BCUT2D eigenvalue weighted by molar-refractivity contribution is 0.176. The minimum atomic E-state index is -0.981. The van der Waals surface area contributed by atoms with Crippen LogP contribution in [0.2, 0.25) is 0 Å². The standard InChI is InChI=1S/C13H17F2N3O/c1-13(16)4-6-18(7-5-13)12(19)17-9-2-3-10(14)11(15)8-9/h2-3,8H,4-7,16H2,1H3,(H,17,19). The van der Waals surface area contributed by atoms with Crippen LogP contribution in [0.25, 0.3) is 0 Å². The summed E-state index contributed by atoms with van der Waals surface area (Å²) < 4.78 is 25.8. The van der Waals surface area contributed by atoms with Gasteiger partial charge in [-0.2, -0.15) is 0 Å². The van der Waals surface area contributed by atoms with Crippen molar-refractivity contribution < 1.29 is 13.6 Å². The monoisotopic (exact) mass is 269 g/mol. The van der Waals surface area contributed by atoms with Crippen molar-refractivity contribution in [2.45, 2.75) is 25.3 Å². The van der Waals surface area contributed by atoms with Gasteiger partial charge in [0.2, 0.25) is 0 Å². The molecule has 19 heavy (non-hydrogen) atoms. The van der Waals surface area contributed by atoms with Gasteiger partial charge in [-0.25, -0.2) is 13.6 Å². The van der Waals surface area contributed by atoms with Gasteiger partial charge in [-0.3, -0.25) is 0 Å². The molecule has 3 N–H and O–H groups in total. The summed E-state index contributed by atoms with van der Waals surface area (Å²) in [5.41, 5.74) is 5.98. The Bertz CT molecular complexity index is 481. The van der Waals surface area contributed by atoms with E-state index in [2.05, 4.69) is 5.32 Å². The zero-order chi connectivity index (χ0) is 14.0. The molecule has 0 unspecified atom stereocenters. The van der Waals surface area contributed by atoms with Gasteiger partial charge in [-0.1, -0.05) is 0 Å². The third kappa shape index (κ3) is 3.41. The Morgan fingerprint density at radius 1 is 1.32 bits per heavy atom. The first-order valence-electron chi connectivity index (χ1n) is 6.17. The summed E-state index contributed by atoms with van der Waals surface area (Å²) in [4.78, 5) is 13.6. The third-order valence-electron chi connectivity index (χ3n) is 3.36. The van der Waals surface area contributed by atoms with Crippen molar-refractivity contribution >= 4 is 11.7 Å². The van der Waals surface area contributed by atoms with Gasteiger partial charge in [0, 0.05) is 30.4 Å². The zero-order valence-electron chi connectivity index (χ0n) is 10.7. The number of carbonyl (C=O) groups is 1. The number of benzene rings is 1. The summed E-state index contributed by atoms with van der Waals surface area (Å²) >= 11 is 0. The molecule has 0 saturated carbocycles. The predicted octanol–water partition coefficient (Wildman–Crippen LogP) is 2.31. The molecule has 2 amide bonds. The number of halogens is 2. The maximum atomic E-state index is 13.0. The van der Waals surface area contributed by atoms with Gasteiger partial charge in [0.15, 0.2) is 11.6 Å². The molecule has 1 aromatic rings. The highest BCUT2D eigenvalue weighted by Gasteiger charge is 2.28. The molecule has 1 aliphatic heterocycles. The highest BCUT2D eigenvalue weighted by Crippen LogP contribution is 2.20. The van der Waals surface area contributed by atoms with E-state index in [0.29, 0.717) is 13.1 Å². The normalized spacial score (nSPS) is 18.2. The number of piperidine rings is 1. The molecule has 2 rings (SSSR count). The van der Waals surface area contributed by atoms with Gasteiger partial charge in [0.25, 0.3) is 0 Å². The van der Waals surface area contributed by atoms with Crippen LogP contribution in [-0.2, 0) is 0 Å². The summed E-state index contributed by atoms with van der Waals surface area (Å²) in [6.45, 7) is 3.07. The van der Waals surface area contributed by atoms with Crippen LogP contribution in [0.15, 0.2) is 18.2 Å². The summed E-state index contributed by atoms with van der Waals surface area (Å²) in [6, 6.07) is 2.96. The minimum absolute atomic E-state index is 0.237. The zero-order valence-corrected chi connectivity index (χ0v) is 10.7. The molecule has 1 aliphatic rings. The van der Waals surface area contributed by atoms with Gasteiger partial charge in [0.05, 0.1) is 0 Å². The van der Waals surface area contributed by atoms with Crippen molar-refractivity contribution in [3.8, 4) is 0 Å². The minimum Gasteiger partial charge on any atom is -0.325 e. The Balaban J connectivity index is 1.96. The van der Waals surface area contributed by atoms with Gasteiger partial charge in [-0.05, 0) is 31.9 Å². The van der Waals surface area contributed by atoms with Crippen LogP contribution in [0, 0.1) is 11.6 Å². The van der Waals surface area contributed by atoms with E-state index in [-0.39, 0.29) is 17.3 Å². The van der Waals surface area contributed by atoms with Crippen LogP contribution in [0.4, 0.5) is 19.3 Å². The van der Waals surface area contributed by atoms with E-state index in [1.165, 1.54) is 6.07 Å². The Hall–Kier alpha value is -1.69. The number of hydrogen-bond donors (Lipinski definition) is 2. The molecule has 0 aromatic heterocycles. The van der Waals surface area contributed by atoms with Crippen molar-refractivity contribution in [1.29, 1.82) is 0 Å². The lowest BCUT2D eigenvalue weighted by Gasteiger charge is -2.36. The number of nitrogens with one attached hydrogen (secondary N) is 1. The Kier molecular flexibility index (Phi) is 3.71. The van der Waals surface area contributed by atoms with Crippen molar-refractivity contribution in [2.24, 2.45) is 5.73 Å². The molecule has 1 saturated heterocycles. The molecule has 0 atom stereocenters. The van der Waals surface area contributed by atoms with Gasteiger partial charge in [-0.15, -0.1) is 0 Å². The predicted molar refractivity (Wildman–Crippen MR) is 68.8 cm³/mol. The second-order valence-electron chi connectivity index (χ2n) is 5.20. The van der Waals surface area contributed by atoms with Crippen LogP contribution < -0.4 is 11.1 Å². The first-order valence-corrected chi connectivity index (χ1v) is 6.17. The lowest BCUT2D eigenvalue weighted by Crippen LogP contribution is -2.50. The summed E-state index contributed by atoms with van der Waals surface area (Å²) in [7, 11) is 0. The van der Waals surface area contributed by atoms with E-state index in [1.807, 2.05) is 6.92 Å². The van der Waals surface area contributed by atoms with Gasteiger partial charge >= 0.3 is 6.03 Å². The fourth-order valence-electron chi connectivity index (χ4n) is 2.00. The van der Waals surface area contributed by atoms with Gasteiger partial charge < -0.3 is 16.0 Å². The Morgan fingerprint density at radius 3 is 2.53 bits per heavy atom. The summed E-state index contributed by atoms with van der Waals surface area (Å²) in [6.07, 6.45) is 1.44. The number of carbonyl (C=O) groups excluding carboxylic acids is 1. The molecular weight excluding hydrogens is 252 g/mol. The van der Waals surface area contributed by atoms with E-state index in [1.54, 1.807) is 4.90 Å². The molecule has 0 bridgehead atoms. The topological polar surface area (TPSA) is 58.4 Å². The smallest absolute Gasteiger partial charge is 0.321 e. The molecule has 6 heteroatoms. The number of amides is 2. The number of urea groups is 1. The lowest BCUT2D eigenvalue weighted by atomic mass is 9.91. The SMILES string of the molecule is CC1(N)CCN(C(=O)Nc2ccc(F)c(F)c2)CC1. The molecule has 1 aromatic carbocycles. The van der Waals surface area contributed by atoms with Crippen LogP contribution in [0.5, 0.6) is 0 Å². The average Bonchev–Trinajstić information content (AvgIpc) is 2.33. The van der Waals surface area contributed by atoms with E-state index in [9.17, 15) is 13.6 Å².